The Labute approximate surface area is 151 Å². The van der Waals surface area contributed by atoms with Crippen LogP contribution in [0.25, 0.3) is 0 Å². The number of hydrogen-bond acceptors (Lipinski definition) is 5. The molecule has 6 heteroatoms. The SMILES string of the molecule is O=[P@@]1(c2ccccc2)Oc2ccccc2N[C@@H]1c1ccc2c(c1)OCO2. The molecule has 1 N–H and O–H groups in total. The van der Waals surface area contributed by atoms with Gasteiger partial charge in [-0.05, 0) is 42.0 Å². The van der Waals surface area contributed by atoms with E-state index in [-0.39, 0.29) is 6.79 Å². The largest absolute Gasteiger partial charge is 0.454 e. The zero-order valence-electron chi connectivity index (χ0n) is 13.8. The molecule has 0 aliphatic carbocycles. The van der Waals surface area contributed by atoms with Crippen LogP contribution in [-0.4, -0.2) is 6.79 Å². The summed E-state index contributed by atoms with van der Waals surface area (Å²) in [5, 5.41) is 4.08. The van der Waals surface area contributed by atoms with Gasteiger partial charge in [0.05, 0.1) is 11.0 Å². The van der Waals surface area contributed by atoms with E-state index in [2.05, 4.69) is 5.32 Å². The molecule has 3 aromatic rings. The molecule has 0 fully saturated rings. The highest BCUT2D eigenvalue weighted by molar-refractivity contribution is 7.67. The summed E-state index contributed by atoms with van der Waals surface area (Å²) in [4.78, 5) is 0. The second kappa shape index (κ2) is 5.82. The topological polar surface area (TPSA) is 56.8 Å². The molecule has 2 heterocycles. The lowest BCUT2D eigenvalue weighted by Crippen LogP contribution is -2.25. The zero-order valence-corrected chi connectivity index (χ0v) is 14.7. The van der Waals surface area contributed by atoms with Crippen molar-refractivity contribution in [3.05, 3.63) is 78.4 Å². The lowest BCUT2D eigenvalue weighted by molar-refractivity contribution is 0.174. The monoisotopic (exact) mass is 365 g/mol. The highest BCUT2D eigenvalue weighted by Gasteiger charge is 2.43. The molecule has 0 radical (unpaired) electrons. The van der Waals surface area contributed by atoms with Crippen molar-refractivity contribution in [1.29, 1.82) is 0 Å². The highest BCUT2D eigenvalue weighted by atomic mass is 31.2. The summed E-state index contributed by atoms with van der Waals surface area (Å²) in [6, 6.07) is 22.5. The fourth-order valence-corrected chi connectivity index (χ4v) is 5.71. The Morgan fingerprint density at radius 1 is 0.846 bits per heavy atom. The van der Waals surface area contributed by atoms with Crippen molar-refractivity contribution in [2.45, 2.75) is 5.78 Å². The first-order chi connectivity index (χ1) is 12.7. The van der Waals surface area contributed by atoms with Gasteiger partial charge in [-0.3, -0.25) is 4.57 Å². The second-order valence-corrected chi connectivity index (χ2v) is 8.59. The third-order valence-electron chi connectivity index (χ3n) is 4.58. The maximum atomic E-state index is 14.1. The number of ether oxygens (including phenoxy) is 2. The Hall–Kier alpha value is -2.91. The van der Waals surface area contributed by atoms with Crippen molar-refractivity contribution >= 4 is 18.4 Å². The Kier molecular flexibility index (Phi) is 3.44. The van der Waals surface area contributed by atoms with Crippen LogP contribution in [0.5, 0.6) is 17.2 Å². The summed E-state index contributed by atoms with van der Waals surface area (Å²) in [7, 11) is -3.26. The quantitative estimate of drug-likeness (QED) is 0.677. The van der Waals surface area contributed by atoms with Crippen molar-refractivity contribution in [2.75, 3.05) is 12.1 Å². The van der Waals surface area contributed by atoms with Crippen molar-refractivity contribution < 1.29 is 18.6 Å². The van der Waals surface area contributed by atoms with Gasteiger partial charge in [0.15, 0.2) is 11.5 Å². The van der Waals surface area contributed by atoms with Crippen molar-refractivity contribution in [3.8, 4) is 17.2 Å². The van der Waals surface area contributed by atoms with Crippen LogP contribution < -0.4 is 24.6 Å². The van der Waals surface area contributed by atoms with Crippen molar-refractivity contribution in [3.63, 3.8) is 0 Å². The van der Waals surface area contributed by atoms with E-state index in [1.165, 1.54) is 0 Å². The van der Waals surface area contributed by atoms with Crippen LogP contribution >= 0.6 is 7.37 Å². The average molecular weight is 365 g/mol. The molecule has 26 heavy (non-hydrogen) atoms. The molecular weight excluding hydrogens is 349 g/mol. The molecule has 2 atom stereocenters. The van der Waals surface area contributed by atoms with Gasteiger partial charge < -0.3 is 19.3 Å². The van der Waals surface area contributed by atoms with Crippen LogP contribution in [0.2, 0.25) is 0 Å². The summed E-state index contributed by atoms with van der Waals surface area (Å²) >= 11 is 0. The van der Waals surface area contributed by atoms with Gasteiger partial charge in [0, 0.05) is 0 Å². The van der Waals surface area contributed by atoms with Crippen LogP contribution in [0, 0.1) is 0 Å². The summed E-state index contributed by atoms with van der Waals surface area (Å²) < 4.78 is 31.1. The molecule has 2 aliphatic rings. The van der Waals surface area contributed by atoms with Crippen LogP contribution in [0.1, 0.15) is 11.3 Å². The molecule has 0 amide bonds. The molecule has 5 nitrogen and oxygen atoms in total. The van der Waals surface area contributed by atoms with Crippen molar-refractivity contribution in [1.82, 2.24) is 0 Å². The molecule has 3 aromatic carbocycles. The fraction of sp³-hybridized carbons (Fsp3) is 0.100. The van der Waals surface area contributed by atoms with Crippen LogP contribution in [0.4, 0.5) is 5.69 Å². The van der Waals surface area contributed by atoms with Crippen molar-refractivity contribution in [2.24, 2.45) is 0 Å². The van der Waals surface area contributed by atoms with Gasteiger partial charge >= 0.3 is 7.37 Å². The van der Waals surface area contributed by atoms with E-state index in [0.717, 1.165) is 11.3 Å². The molecule has 0 unspecified atom stereocenters. The Morgan fingerprint density at radius 2 is 1.62 bits per heavy atom. The van der Waals surface area contributed by atoms with E-state index in [1.54, 1.807) is 0 Å². The number of benzene rings is 3. The summed E-state index contributed by atoms with van der Waals surface area (Å²) in [6.07, 6.45) is 0. The first kappa shape index (κ1) is 15.4. The van der Waals surface area contributed by atoms with E-state index < -0.39 is 13.2 Å². The summed E-state index contributed by atoms with van der Waals surface area (Å²) in [5.74, 6) is 1.43. The van der Waals surface area contributed by atoms with Crippen LogP contribution in [0.15, 0.2) is 72.8 Å². The molecule has 0 saturated heterocycles. The minimum absolute atomic E-state index is 0.201. The minimum atomic E-state index is -3.26. The van der Waals surface area contributed by atoms with E-state index in [9.17, 15) is 4.57 Å². The first-order valence-corrected chi connectivity index (χ1v) is 10.0. The zero-order chi connectivity index (χ0) is 17.6. The summed E-state index contributed by atoms with van der Waals surface area (Å²) in [5.41, 5.74) is 1.65. The summed E-state index contributed by atoms with van der Waals surface area (Å²) in [6.45, 7) is 0.201. The lowest BCUT2D eigenvalue weighted by Gasteiger charge is -2.35. The predicted octanol–water partition coefficient (Wildman–Crippen LogP) is 4.52. The predicted molar refractivity (Wildman–Crippen MR) is 99.7 cm³/mol. The maximum absolute atomic E-state index is 14.1. The van der Waals surface area contributed by atoms with Gasteiger partial charge in [-0.1, -0.05) is 36.4 Å². The van der Waals surface area contributed by atoms with Gasteiger partial charge in [-0.2, -0.15) is 0 Å². The van der Waals surface area contributed by atoms with Gasteiger partial charge in [0.2, 0.25) is 6.79 Å². The fourth-order valence-electron chi connectivity index (χ4n) is 3.30. The minimum Gasteiger partial charge on any atom is -0.454 e. The normalized spacial score (nSPS) is 22.8. The highest BCUT2D eigenvalue weighted by Crippen LogP contribution is 2.63. The number of hydrogen-bond donors (Lipinski definition) is 1. The third kappa shape index (κ3) is 2.36. The van der Waals surface area contributed by atoms with E-state index in [1.807, 2.05) is 72.8 Å². The van der Waals surface area contributed by atoms with Gasteiger partial charge in [0.25, 0.3) is 0 Å². The smallest absolute Gasteiger partial charge is 0.303 e. The number of anilines is 1. The molecule has 130 valence electrons. The average Bonchev–Trinajstić information content (AvgIpc) is 3.16. The van der Waals surface area contributed by atoms with Gasteiger partial charge in [0.1, 0.15) is 11.5 Å². The molecule has 0 aromatic heterocycles. The molecule has 2 aliphatic heterocycles. The first-order valence-electron chi connectivity index (χ1n) is 8.34. The maximum Gasteiger partial charge on any atom is 0.303 e. The number of fused-ring (bicyclic) bond motifs is 2. The molecule has 0 bridgehead atoms. The lowest BCUT2D eigenvalue weighted by atomic mass is 10.2. The van der Waals surface area contributed by atoms with Crippen LogP contribution in [0.3, 0.4) is 0 Å². The third-order valence-corrected chi connectivity index (χ3v) is 7.17. The molecule has 0 saturated carbocycles. The Morgan fingerprint density at radius 3 is 2.50 bits per heavy atom. The standard InChI is InChI=1S/C20H16NO4P/c22-26(15-6-2-1-3-7-15)20(21-16-8-4-5-9-17(16)25-26)14-10-11-18-19(12-14)24-13-23-18/h1-12,20-21H,13H2/t20-,26-/m0/s1. The number of nitrogens with one attached hydrogen (secondary N) is 1. The molecule has 0 spiro atoms. The number of rotatable bonds is 2. The second-order valence-electron chi connectivity index (χ2n) is 6.18. The van der Waals surface area contributed by atoms with E-state index in [4.69, 9.17) is 14.0 Å². The van der Waals surface area contributed by atoms with Crippen LogP contribution in [-0.2, 0) is 4.57 Å². The molecule has 5 rings (SSSR count). The van der Waals surface area contributed by atoms with E-state index in [0.29, 0.717) is 22.6 Å². The van der Waals surface area contributed by atoms with Gasteiger partial charge in [-0.25, -0.2) is 0 Å². The van der Waals surface area contributed by atoms with E-state index >= 15 is 0 Å². The van der Waals surface area contributed by atoms with Gasteiger partial charge in [-0.15, -0.1) is 0 Å². The Balaban J connectivity index is 1.67. The number of para-hydroxylation sites is 2. The molecular formula is C20H16NO4P. The Bertz CT molecular complexity index is 1020.